The van der Waals surface area contributed by atoms with Crippen molar-refractivity contribution in [2.75, 3.05) is 13.1 Å². The van der Waals surface area contributed by atoms with Crippen LogP contribution in [-0.4, -0.2) is 39.0 Å². The summed E-state index contributed by atoms with van der Waals surface area (Å²) in [5.41, 5.74) is 2.05. The molecule has 7 nitrogen and oxygen atoms in total. The third-order valence-corrected chi connectivity index (χ3v) is 4.27. The fraction of sp³-hybridized carbons (Fsp3) is 0.375. The van der Waals surface area contributed by atoms with E-state index in [0.29, 0.717) is 30.1 Å². The fourth-order valence-electron chi connectivity index (χ4n) is 3.05. The molecule has 0 saturated carbocycles. The average molecular weight is 312 g/mol. The number of oxazole rings is 1. The standard InChI is InChI=1S/C16H16N4O3/c1-10-18-13-3-2-12(8-14(13)23-10)16(21)20-6-4-11(5-7-20)15-17-9-22-19-15/h2-3,8-9,11H,4-7H2,1H3. The van der Waals surface area contributed by atoms with Crippen LogP contribution in [0.2, 0.25) is 0 Å². The summed E-state index contributed by atoms with van der Waals surface area (Å²) in [5, 5.41) is 3.90. The van der Waals surface area contributed by atoms with E-state index in [1.54, 1.807) is 19.1 Å². The highest BCUT2D eigenvalue weighted by Crippen LogP contribution is 2.26. The Bertz CT molecular complexity index is 832. The molecule has 1 fully saturated rings. The molecule has 1 aromatic carbocycles. The number of aryl methyl sites for hydroxylation is 1. The van der Waals surface area contributed by atoms with Crippen molar-refractivity contribution >= 4 is 17.0 Å². The molecule has 118 valence electrons. The lowest BCUT2D eigenvalue weighted by Crippen LogP contribution is -2.38. The van der Waals surface area contributed by atoms with Crippen LogP contribution in [0.15, 0.2) is 33.5 Å². The first-order valence-electron chi connectivity index (χ1n) is 7.63. The predicted octanol–water partition coefficient (Wildman–Crippen LogP) is 2.54. The highest BCUT2D eigenvalue weighted by Gasteiger charge is 2.27. The minimum atomic E-state index is 0.0208. The lowest BCUT2D eigenvalue weighted by atomic mass is 9.95. The summed E-state index contributed by atoms with van der Waals surface area (Å²) >= 11 is 0. The van der Waals surface area contributed by atoms with Crippen molar-refractivity contribution in [1.82, 2.24) is 20.0 Å². The molecule has 0 radical (unpaired) electrons. The predicted molar refractivity (Wildman–Crippen MR) is 80.9 cm³/mol. The molecule has 0 bridgehead atoms. The van der Waals surface area contributed by atoms with Gasteiger partial charge in [-0.25, -0.2) is 4.98 Å². The van der Waals surface area contributed by atoms with E-state index < -0.39 is 0 Å². The van der Waals surface area contributed by atoms with Gasteiger partial charge in [0.1, 0.15) is 5.52 Å². The summed E-state index contributed by atoms with van der Waals surface area (Å²) in [6.45, 7) is 3.17. The molecule has 0 atom stereocenters. The number of hydrogen-bond donors (Lipinski definition) is 0. The molecular formula is C16H16N4O3. The van der Waals surface area contributed by atoms with Gasteiger partial charge in [-0.2, -0.15) is 4.98 Å². The van der Waals surface area contributed by atoms with E-state index in [2.05, 4.69) is 15.1 Å². The molecule has 1 aliphatic rings. The Hall–Kier alpha value is -2.70. The van der Waals surface area contributed by atoms with Gasteiger partial charge in [-0.1, -0.05) is 5.16 Å². The van der Waals surface area contributed by atoms with Gasteiger partial charge >= 0.3 is 0 Å². The van der Waals surface area contributed by atoms with Crippen LogP contribution in [0.1, 0.15) is 40.8 Å². The second-order valence-electron chi connectivity index (χ2n) is 5.77. The number of carbonyl (C=O) groups excluding carboxylic acids is 1. The van der Waals surface area contributed by atoms with E-state index in [1.165, 1.54) is 6.39 Å². The van der Waals surface area contributed by atoms with Gasteiger partial charge in [0, 0.05) is 31.5 Å². The number of amides is 1. The van der Waals surface area contributed by atoms with Crippen molar-refractivity contribution in [3.8, 4) is 0 Å². The van der Waals surface area contributed by atoms with E-state index in [1.807, 2.05) is 11.0 Å². The Kier molecular flexibility index (Phi) is 3.33. The lowest BCUT2D eigenvalue weighted by Gasteiger charge is -2.30. The molecule has 0 N–H and O–H groups in total. The number of fused-ring (bicyclic) bond motifs is 1. The maximum Gasteiger partial charge on any atom is 0.253 e. The van der Waals surface area contributed by atoms with Crippen LogP contribution in [-0.2, 0) is 0 Å². The summed E-state index contributed by atoms with van der Waals surface area (Å²) in [6.07, 6.45) is 3.03. The van der Waals surface area contributed by atoms with Gasteiger partial charge in [0.05, 0.1) is 0 Å². The van der Waals surface area contributed by atoms with Crippen molar-refractivity contribution in [2.24, 2.45) is 0 Å². The zero-order valence-electron chi connectivity index (χ0n) is 12.7. The highest BCUT2D eigenvalue weighted by molar-refractivity contribution is 5.97. The number of aromatic nitrogens is 3. The molecule has 0 aliphatic carbocycles. The monoisotopic (exact) mass is 312 g/mol. The molecule has 1 aliphatic heterocycles. The van der Waals surface area contributed by atoms with Crippen LogP contribution in [0.3, 0.4) is 0 Å². The third kappa shape index (κ3) is 2.58. The number of hydrogen-bond acceptors (Lipinski definition) is 6. The van der Waals surface area contributed by atoms with Gasteiger partial charge in [-0.05, 0) is 31.0 Å². The molecule has 1 saturated heterocycles. The molecule has 3 aromatic rings. The second-order valence-corrected chi connectivity index (χ2v) is 5.77. The summed E-state index contributed by atoms with van der Waals surface area (Å²) in [7, 11) is 0. The second kappa shape index (κ2) is 5.49. The molecule has 4 rings (SSSR count). The first-order chi connectivity index (χ1) is 11.2. The van der Waals surface area contributed by atoms with Gasteiger partial charge in [-0.15, -0.1) is 0 Å². The van der Waals surface area contributed by atoms with E-state index in [9.17, 15) is 4.79 Å². The van der Waals surface area contributed by atoms with E-state index in [-0.39, 0.29) is 11.8 Å². The van der Waals surface area contributed by atoms with Crippen LogP contribution in [0, 0.1) is 6.92 Å². The first-order valence-corrected chi connectivity index (χ1v) is 7.63. The Labute approximate surface area is 132 Å². The highest BCUT2D eigenvalue weighted by atomic mass is 16.5. The topological polar surface area (TPSA) is 85.3 Å². The van der Waals surface area contributed by atoms with E-state index >= 15 is 0 Å². The molecule has 0 unspecified atom stereocenters. The maximum absolute atomic E-state index is 12.7. The van der Waals surface area contributed by atoms with Crippen molar-refractivity contribution in [3.05, 3.63) is 41.9 Å². The van der Waals surface area contributed by atoms with E-state index in [0.717, 1.165) is 24.2 Å². The Morgan fingerprint density at radius 3 is 2.87 bits per heavy atom. The van der Waals surface area contributed by atoms with Crippen LogP contribution in [0.4, 0.5) is 0 Å². The van der Waals surface area contributed by atoms with Gasteiger partial charge in [0.15, 0.2) is 17.3 Å². The summed E-state index contributed by atoms with van der Waals surface area (Å²) < 4.78 is 10.3. The molecule has 2 aromatic heterocycles. The SMILES string of the molecule is Cc1nc2ccc(C(=O)N3CCC(c4ncon4)CC3)cc2o1. The van der Waals surface area contributed by atoms with Gasteiger partial charge in [-0.3, -0.25) is 4.79 Å². The Morgan fingerprint density at radius 2 is 2.13 bits per heavy atom. The fourth-order valence-corrected chi connectivity index (χ4v) is 3.05. The first kappa shape index (κ1) is 13.9. The zero-order valence-corrected chi connectivity index (χ0v) is 12.7. The summed E-state index contributed by atoms with van der Waals surface area (Å²) in [6, 6.07) is 5.39. The maximum atomic E-state index is 12.7. The van der Waals surface area contributed by atoms with Crippen LogP contribution < -0.4 is 0 Å². The van der Waals surface area contributed by atoms with Gasteiger partial charge in [0.2, 0.25) is 6.39 Å². The van der Waals surface area contributed by atoms with Crippen molar-refractivity contribution < 1.29 is 13.7 Å². The number of rotatable bonds is 2. The summed E-state index contributed by atoms with van der Waals surface area (Å²) in [5.74, 6) is 1.62. The quantitative estimate of drug-likeness (QED) is 0.723. The van der Waals surface area contributed by atoms with Crippen LogP contribution in [0.5, 0.6) is 0 Å². The molecule has 23 heavy (non-hydrogen) atoms. The number of piperidine rings is 1. The summed E-state index contributed by atoms with van der Waals surface area (Å²) in [4.78, 5) is 22.9. The number of likely N-dealkylation sites (tertiary alicyclic amines) is 1. The van der Waals surface area contributed by atoms with Crippen molar-refractivity contribution in [2.45, 2.75) is 25.7 Å². The molecule has 3 heterocycles. The van der Waals surface area contributed by atoms with Crippen molar-refractivity contribution in [1.29, 1.82) is 0 Å². The van der Waals surface area contributed by atoms with Crippen LogP contribution >= 0.6 is 0 Å². The molecule has 7 heteroatoms. The number of benzene rings is 1. The van der Waals surface area contributed by atoms with Gasteiger partial charge < -0.3 is 13.8 Å². The normalized spacial score (nSPS) is 16.1. The van der Waals surface area contributed by atoms with Crippen LogP contribution in [0.25, 0.3) is 11.1 Å². The number of nitrogens with zero attached hydrogens (tertiary/aromatic N) is 4. The number of carbonyl (C=O) groups is 1. The smallest absolute Gasteiger partial charge is 0.253 e. The average Bonchev–Trinajstić information content (AvgIpc) is 3.22. The minimum absolute atomic E-state index is 0.0208. The van der Waals surface area contributed by atoms with Gasteiger partial charge in [0.25, 0.3) is 5.91 Å². The van der Waals surface area contributed by atoms with E-state index in [4.69, 9.17) is 8.94 Å². The largest absolute Gasteiger partial charge is 0.441 e. The lowest BCUT2D eigenvalue weighted by molar-refractivity contribution is 0.0710. The Balaban J connectivity index is 1.48. The third-order valence-electron chi connectivity index (χ3n) is 4.27. The molecule has 0 spiro atoms. The minimum Gasteiger partial charge on any atom is -0.441 e. The Morgan fingerprint density at radius 1 is 1.30 bits per heavy atom. The molecule has 1 amide bonds. The zero-order chi connectivity index (χ0) is 15.8. The van der Waals surface area contributed by atoms with Crippen molar-refractivity contribution in [3.63, 3.8) is 0 Å². The molecular weight excluding hydrogens is 296 g/mol.